The fourth-order valence-electron chi connectivity index (χ4n) is 7.61. The maximum Gasteiger partial charge on any atom is 0.247 e. The highest BCUT2D eigenvalue weighted by Gasteiger charge is 2.41. The van der Waals surface area contributed by atoms with Gasteiger partial charge in [0.25, 0.3) is 0 Å². The summed E-state index contributed by atoms with van der Waals surface area (Å²) in [7, 11) is 0. The second-order valence-electron chi connectivity index (χ2n) is 14.8. The zero-order valence-corrected chi connectivity index (χ0v) is 28.4. The summed E-state index contributed by atoms with van der Waals surface area (Å²) in [6, 6.07) is 24.9. The standard InChI is InChI=1S/C39H50N4O4/c1-24(2)35(42-38-46-23-47-38)37(45)43-22-6-7-33(43)36(44)41-30-18-12-26(13-19-30)32-21-20-31(25-10-16-29(40)17-11-25)34(32)27-8-14-28(15-9-27)39(3,4)5/h8-19,24,31-35,38,42H,6-7,20-23,40H2,1-5H3,(H,41,44). The molecule has 2 aliphatic heterocycles. The maximum absolute atomic E-state index is 13.5. The number of nitrogens with one attached hydrogen (secondary N) is 2. The number of nitrogens with zero attached hydrogens (tertiary/aromatic N) is 1. The Morgan fingerprint density at radius 1 is 0.830 bits per heavy atom. The van der Waals surface area contributed by atoms with E-state index in [1.54, 1.807) is 4.90 Å². The molecule has 2 amide bonds. The zero-order valence-electron chi connectivity index (χ0n) is 28.4. The van der Waals surface area contributed by atoms with Crippen molar-refractivity contribution in [2.45, 2.75) is 102 Å². The van der Waals surface area contributed by atoms with Crippen molar-refractivity contribution < 1.29 is 19.1 Å². The molecule has 3 aliphatic rings. The molecule has 0 bridgehead atoms. The third kappa shape index (κ3) is 7.25. The van der Waals surface area contributed by atoms with Crippen LogP contribution in [0.5, 0.6) is 0 Å². The molecule has 2 heterocycles. The summed E-state index contributed by atoms with van der Waals surface area (Å²) in [5, 5.41) is 6.25. The van der Waals surface area contributed by atoms with Gasteiger partial charge in [0, 0.05) is 17.9 Å². The first kappa shape index (κ1) is 33.2. The van der Waals surface area contributed by atoms with Crippen molar-refractivity contribution in [1.82, 2.24) is 10.2 Å². The van der Waals surface area contributed by atoms with Gasteiger partial charge in [-0.2, -0.15) is 0 Å². The van der Waals surface area contributed by atoms with Gasteiger partial charge >= 0.3 is 0 Å². The molecular formula is C39H50N4O4. The van der Waals surface area contributed by atoms with E-state index in [1.807, 2.05) is 38.1 Å². The van der Waals surface area contributed by atoms with Crippen molar-refractivity contribution in [3.63, 3.8) is 0 Å². The number of hydrogen-bond donors (Lipinski definition) is 3. The summed E-state index contributed by atoms with van der Waals surface area (Å²) in [5.74, 6) is 0.827. The number of nitrogens with two attached hydrogens (primary N) is 1. The number of likely N-dealkylation sites (tertiary alicyclic amines) is 1. The summed E-state index contributed by atoms with van der Waals surface area (Å²) in [5.41, 5.74) is 13.0. The number of rotatable bonds is 9. The Labute approximate surface area is 279 Å². The van der Waals surface area contributed by atoms with E-state index in [0.29, 0.717) is 30.7 Å². The van der Waals surface area contributed by atoms with Gasteiger partial charge in [0.05, 0.1) is 6.04 Å². The van der Waals surface area contributed by atoms with Gasteiger partial charge in [-0.1, -0.05) is 83.1 Å². The van der Waals surface area contributed by atoms with E-state index in [2.05, 4.69) is 79.9 Å². The fraction of sp³-hybridized carbons (Fsp3) is 0.487. The molecule has 8 heteroatoms. The predicted molar refractivity (Wildman–Crippen MR) is 186 cm³/mol. The molecule has 250 valence electrons. The smallest absolute Gasteiger partial charge is 0.247 e. The van der Waals surface area contributed by atoms with E-state index in [9.17, 15) is 9.59 Å². The molecule has 8 nitrogen and oxygen atoms in total. The van der Waals surface area contributed by atoms with Crippen LogP contribution in [0.25, 0.3) is 0 Å². The van der Waals surface area contributed by atoms with Crippen molar-refractivity contribution in [3.8, 4) is 0 Å². The first-order chi connectivity index (χ1) is 22.5. The van der Waals surface area contributed by atoms with Gasteiger partial charge in [-0.05, 0) is 101 Å². The highest BCUT2D eigenvalue weighted by Crippen LogP contribution is 2.54. The lowest BCUT2D eigenvalue weighted by atomic mass is 9.76. The van der Waals surface area contributed by atoms with Crippen LogP contribution in [-0.2, 0) is 24.5 Å². The van der Waals surface area contributed by atoms with Crippen molar-refractivity contribution in [2.24, 2.45) is 5.92 Å². The van der Waals surface area contributed by atoms with Crippen LogP contribution >= 0.6 is 0 Å². The van der Waals surface area contributed by atoms with Crippen LogP contribution < -0.4 is 16.4 Å². The number of anilines is 2. The lowest BCUT2D eigenvalue weighted by Crippen LogP contribution is -2.58. The molecule has 3 aromatic rings. The molecular weight excluding hydrogens is 588 g/mol. The number of carbonyl (C=O) groups excluding carboxylic acids is 2. The highest BCUT2D eigenvalue weighted by atomic mass is 16.9. The normalized spacial score (nSPS) is 23.9. The van der Waals surface area contributed by atoms with Crippen molar-refractivity contribution in [2.75, 3.05) is 24.4 Å². The largest absolute Gasteiger partial charge is 0.399 e. The average molecular weight is 639 g/mol. The molecule has 2 saturated heterocycles. The lowest BCUT2D eigenvalue weighted by Gasteiger charge is -2.35. The minimum absolute atomic E-state index is 0.0163. The summed E-state index contributed by atoms with van der Waals surface area (Å²) in [6.07, 6.45) is 3.02. The van der Waals surface area contributed by atoms with Gasteiger partial charge in [0.2, 0.25) is 18.2 Å². The van der Waals surface area contributed by atoms with Crippen LogP contribution in [0, 0.1) is 5.92 Å². The molecule has 5 unspecified atom stereocenters. The average Bonchev–Trinajstić information content (AvgIpc) is 3.69. The molecule has 0 aromatic heterocycles. The minimum atomic E-state index is -0.580. The molecule has 1 saturated carbocycles. The third-order valence-electron chi connectivity index (χ3n) is 10.3. The summed E-state index contributed by atoms with van der Waals surface area (Å²) >= 11 is 0. The number of carbonyl (C=O) groups is 2. The Balaban J connectivity index is 1.18. The minimum Gasteiger partial charge on any atom is -0.399 e. The van der Waals surface area contributed by atoms with E-state index in [4.69, 9.17) is 15.2 Å². The SMILES string of the molecule is CC(C)C(NC1OCO1)C(=O)N1CCCC1C(=O)Nc1ccc(C2CCC(c3ccc(N)cc3)C2c2ccc(C(C)(C)C)cc2)cc1. The number of nitrogen functional groups attached to an aromatic ring is 1. The Hall–Kier alpha value is -3.72. The van der Waals surface area contributed by atoms with Crippen LogP contribution in [-0.4, -0.2) is 48.5 Å². The first-order valence-corrected chi connectivity index (χ1v) is 17.2. The van der Waals surface area contributed by atoms with Gasteiger partial charge in [-0.25, -0.2) is 0 Å². The predicted octanol–water partition coefficient (Wildman–Crippen LogP) is 6.84. The van der Waals surface area contributed by atoms with Gasteiger partial charge in [0.1, 0.15) is 6.04 Å². The summed E-state index contributed by atoms with van der Waals surface area (Å²) in [6.45, 7) is 11.5. The molecule has 3 fully saturated rings. The van der Waals surface area contributed by atoms with Crippen LogP contribution in [0.4, 0.5) is 11.4 Å². The summed E-state index contributed by atoms with van der Waals surface area (Å²) in [4.78, 5) is 28.8. The molecule has 6 rings (SSSR count). The maximum atomic E-state index is 13.5. The van der Waals surface area contributed by atoms with Crippen molar-refractivity contribution in [3.05, 3.63) is 95.1 Å². The summed E-state index contributed by atoms with van der Waals surface area (Å²) < 4.78 is 10.6. The number of ether oxygens (including phenoxy) is 2. The highest BCUT2D eigenvalue weighted by molar-refractivity contribution is 5.98. The first-order valence-electron chi connectivity index (χ1n) is 17.2. The van der Waals surface area contributed by atoms with E-state index in [0.717, 1.165) is 30.6 Å². The second-order valence-corrected chi connectivity index (χ2v) is 14.8. The van der Waals surface area contributed by atoms with Crippen molar-refractivity contribution >= 4 is 23.2 Å². The van der Waals surface area contributed by atoms with Gasteiger partial charge in [-0.15, -0.1) is 0 Å². The van der Waals surface area contributed by atoms with E-state index >= 15 is 0 Å². The van der Waals surface area contributed by atoms with Crippen molar-refractivity contribution in [1.29, 1.82) is 0 Å². The van der Waals surface area contributed by atoms with Gasteiger partial charge < -0.3 is 25.4 Å². The fourth-order valence-corrected chi connectivity index (χ4v) is 7.61. The number of amides is 2. The van der Waals surface area contributed by atoms with Crippen LogP contribution in [0.2, 0.25) is 0 Å². The Kier molecular flexibility index (Phi) is 9.74. The molecule has 4 N–H and O–H groups in total. The van der Waals surface area contributed by atoms with E-state index in [1.165, 1.54) is 22.3 Å². The second kappa shape index (κ2) is 13.8. The van der Waals surface area contributed by atoms with Crippen LogP contribution in [0.1, 0.15) is 100 Å². The number of benzene rings is 3. The molecule has 3 aromatic carbocycles. The van der Waals surface area contributed by atoms with Crippen LogP contribution in [0.15, 0.2) is 72.8 Å². The number of hydrogen-bond acceptors (Lipinski definition) is 6. The monoisotopic (exact) mass is 638 g/mol. The molecule has 1 aliphatic carbocycles. The Morgan fingerprint density at radius 2 is 1.40 bits per heavy atom. The third-order valence-corrected chi connectivity index (χ3v) is 10.3. The van der Waals surface area contributed by atoms with E-state index < -0.39 is 18.5 Å². The molecule has 0 radical (unpaired) electrons. The lowest BCUT2D eigenvalue weighted by molar-refractivity contribution is -0.335. The van der Waals surface area contributed by atoms with Crippen LogP contribution in [0.3, 0.4) is 0 Å². The zero-order chi connectivity index (χ0) is 33.3. The molecule has 47 heavy (non-hydrogen) atoms. The Bertz CT molecular complexity index is 1530. The Morgan fingerprint density at radius 3 is 1.94 bits per heavy atom. The molecule has 0 spiro atoms. The topological polar surface area (TPSA) is 106 Å². The quantitative estimate of drug-likeness (QED) is 0.222. The van der Waals surface area contributed by atoms with E-state index in [-0.39, 0.29) is 29.9 Å². The molecule has 5 atom stereocenters. The van der Waals surface area contributed by atoms with Gasteiger partial charge in [-0.3, -0.25) is 14.9 Å². The van der Waals surface area contributed by atoms with Gasteiger partial charge in [0.15, 0.2) is 6.79 Å².